The van der Waals surface area contributed by atoms with Gasteiger partial charge in [-0.3, -0.25) is 4.79 Å². The smallest absolute Gasteiger partial charge is 0.412 e. The summed E-state index contributed by atoms with van der Waals surface area (Å²) in [6, 6.07) is 4.15. The summed E-state index contributed by atoms with van der Waals surface area (Å²) in [6.45, 7) is -0.193. The van der Waals surface area contributed by atoms with Gasteiger partial charge in [-0.25, -0.2) is 13.2 Å². The molecule has 23 heavy (non-hydrogen) atoms. The first-order valence-electron chi connectivity index (χ1n) is 7.17. The molecule has 8 nitrogen and oxygen atoms in total. The zero-order valence-electron chi connectivity index (χ0n) is 12.2. The van der Waals surface area contributed by atoms with Crippen LogP contribution in [0.25, 0.3) is 0 Å². The van der Waals surface area contributed by atoms with Crippen LogP contribution in [-0.4, -0.2) is 43.0 Å². The standard InChI is InChI=1S/C14H16N2O6S/c17-13(18)8-16(7-9-1-2-9)23(20,21)11-3-4-12-10(5-11)6-15-14(19)22-12/h3-5,9H,1-2,6-8H2,(H,15,19)(H,17,18). The van der Waals surface area contributed by atoms with Crippen molar-refractivity contribution in [2.24, 2.45) is 5.92 Å². The number of benzene rings is 1. The van der Waals surface area contributed by atoms with Crippen LogP contribution in [0.1, 0.15) is 18.4 Å². The summed E-state index contributed by atoms with van der Waals surface area (Å²) in [4.78, 5) is 22.1. The van der Waals surface area contributed by atoms with Crippen LogP contribution in [0.5, 0.6) is 5.75 Å². The molecule has 9 heteroatoms. The number of hydrogen-bond acceptors (Lipinski definition) is 5. The maximum Gasteiger partial charge on any atom is 0.412 e. The Bertz CT molecular complexity index is 757. The maximum absolute atomic E-state index is 12.7. The first-order valence-corrected chi connectivity index (χ1v) is 8.61. The molecule has 1 heterocycles. The molecule has 1 amide bonds. The number of amides is 1. The normalized spacial score (nSPS) is 17.3. The molecule has 0 radical (unpaired) electrons. The summed E-state index contributed by atoms with van der Waals surface area (Å²) in [7, 11) is -3.91. The van der Waals surface area contributed by atoms with Crippen LogP contribution >= 0.6 is 0 Å². The molecule has 1 aliphatic heterocycles. The first-order chi connectivity index (χ1) is 10.9. The van der Waals surface area contributed by atoms with E-state index in [-0.39, 0.29) is 23.9 Å². The number of ether oxygens (including phenoxy) is 1. The SMILES string of the molecule is O=C(O)CN(CC1CC1)S(=O)(=O)c1ccc2c(c1)CNC(=O)O2. The lowest BCUT2D eigenvalue weighted by molar-refractivity contribution is -0.137. The number of fused-ring (bicyclic) bond motifs is 1. The Hall–Kier alpha value is -2.13. The lowest BCUT2D eigenvalue weighted by Gasteiger charge is -2.22. The fraction of sp³-hybridized carbons (Fsp3) is 0.429. The predicted octanol–water partition coefficient (Wildman–Crippen LogP) is 0.774. The van der Waals surface area contributed by atoms with Crippen molar-refractivity contribution in [2.75, 3.05) is 13.1 Å². The summed E-state index contributed by atoms with van der Waals surface area (Å²) in [5.74, 6) is -0.660. The van der Waals surface area contributed by atoms with Crippen LogP contribution in [0.15, 0.2) is 23.1 Å². The van der Waals surface area contributed by atoms with Gasteiger partial charge in [-0.05, 0) is 37.0 Å². The van der Waals surface area contributed by atoms with Crippen LogP contribution in [0.4, 0.5) is 4.79 Å². The van der Waals surface area contributed by atoms with E-state index < -0.39 is 28.6 Å². The predicted molar refractivity (Wildman–Crippen MR) is 78.4 cm³/mol. The Balaban J connectivity index is 1.90. The summed E-state index contributed by atoms with van der Waals surface area (Å²) in [6.07, 6.45) is 1.24. The van der Waals surface area contributed by atoms with Crippen molar-refractivity contribution in [1.82, 2.24) is 9.62 Å². The third kappa shape index (κ3) is 3.45. The van der Waals surface area contributed by atoms with Gasteiger partial charge in [0.15, 0.2) is 0 Å². The number of carboxylic acids is 1. The van der Waals surface area contributed by atoms with Gasteiger partial charge in [0.25, 0.3) is 0 Å². The second-order valence-electron chi connectivity index (χ2n) is 5.65. The van der Waals surface area contributed by atoms with E-state index in [0.717, 1.165) is 17.1 Å². The van der Waals surface area contributed by atoms with Crippen LogP contribution in [0, 0.1) is 5.92 Å². The second-order valence-corrected chi connectivity index (χ2v) is 7.59. The lowest BCUT2D eigenvalue weighted by Crippen LogP contribution is -2.37. The average molecular weight is 340 g/mol. The highest BCUT2D eigenvalue weighted by molar-refractivity contribution is 7.89. The minimum atomic E-state index is -3.91. The maximum atomic E-state index is 12.7. The van der Waals surface area contributed by atoms with E-state index >= 15 is 0 Å². The van der Waals surface area contributed by atoms with Gasteiger partial charge in [0, 0.05) is 18.7 Å². The lowest BCUT2D eigenvalue weighted by atomic mass is 10.2. The molecule has 0 unspecified atom stereocenters. The Morgan fingerprint density at radius 3 is 2.78 bits per heavy atom. The molecule has 0 bridgehead atoms. The number of nitrogens with zero attached hydrogens (tertiary/aromatic N) is 1. The number of carboxylic acid groups (broad SMARTS) is 1. The van der Waals surface area contributed by atoms with Gasteiger partial charge in [-0.1, -0.05) is 0 Å². The van der Waals surface area contributed by atoms with E-state index in [0.29, 0.717) is 11.3 Å². The van der Waals surface area contributed by atoms with E-state index in [1.54, 1.807) is 0 Å². The number of sulfonamides is 1. The molecule has 0 aromatic heterocycles. The molecule has 0 spiro atoms. The second kappa shape index (κ2) is 5.82. The number of carbonyl (C=O) groups is 2. The van der Waals surface area contributed by atoms with Crippen molar-refractivity contribution in [3.63, 3.8) is 0 Å². The van der Waals surface area contributed by atoms with Crippen LogP contribution in [0.2, 0.25) is 0 Å². The molecule has 0 atom stereocenters. The quantitative estimate of drug-likeness (QED) is 0.791. The molecule has 124 valence electrons. The van der Waals surface area contributed by atoms with Crippen molar-refractivity contribution in [1.29, 1.82) is 0 Å². The topological polar surface area (TPSA) is 113 Å². The largest absolute Gasteiger partial charge is 0.480 e. The van der Waals surface area contributed by atoms with E-state index in [2.05, 4.69) is 5.32 Å². The molecular weight excluding hydrogens is 324 g/mol. The molecule has 1 aliphatic carbocycles. The summed E-state index contributed by atoms with van der Waals surface area (Å²) < 4.78 is 31.4. The van der Waals surface area contributed by atoms with Gasteiger partial charge in [0.1, 0.15) is 12.3 Å². The van der Waals surface area contributed by atoms with Crippen molar-refractivity contribution >= 4 is 22.1 Å². The van der Waals surface area contributed by atoms with Crippen LogP contribution < -0.4 is 10.1 Å². The van der Waals surface area contributed by atoms with Gasteiger partial charge < -0.3 is 15.2 Å². The molecule has 1 saturated carbocycles. The molecule has 2 aliphatic rings. The molecule has 0 saturated heterocycles. The number of hydrogen-bond donors (Lipinski definition) is 2. The van der Waals surface area contributed by atoms with Crippen LogP contribution in [0.3, 0.4) is 0 Å². The zero-order valence-corrected chi connectivity index (χ0v) is 13.0. The van der Waals surface area contributed by atoms with Crippen molar-refractivity contribution < 1.29 is 27.9 Å². The number of carbonyl (C=O) groups excluding carboxylic acids is 1. The summed E-state index contributed by atoms with van der Waals surface area (Å²) in [5, 5.41) is 11.4. The number of rotatable bonds is 6. The van der Waals surface area contributed by atoms with Gasteiger partial charge in [-0.2, -0.15) is 4.31 Å². The average Bonchev–Trinajstić information content (AvgIpc) is 3.29. The minimum Gasteiger partial charge on any atom is -0.480 e. The number of aliphatic carboxylic acids is 1. The highest BCUT2D eigenvalue weighted by Crippen LogP contribution is 2.32. The Kier molecular flexibility index (Phi) is 3.99. The first kappa shape index (κ1) is 15.8. The van der Waals surface area contributed by atoms with Crippen molar-refractivity contribution in [3.8, 4) is 5.75 Å². The Labute approximate surface area is 133 Å². The van der Waals surface area contributed by atoms with Gasteiger partial charge >= 0.3 is 12.1 Å². The zero-order chi connectivity index (χ0) is 16.6. The third-order valence-electron chi connectivity index (χ3n) is 3.77. The molecule has 1 fully saturated rings. The molecule has 1 aromatic rings. The Morgan fingerprint density at radius 1 is 1.39 bits per heavy atom. The molecular formula is C14H16N2O6S. The number of nitrogens with one attached hydrogen (secondary N) is 1. The van der Waals surface area contributed by atoms with Gasteiger partial charge in [0.2, 0.25) is 10.0 Å². The van der Waals surface area contributed by atoms with E-state index in [4.69, 9.17) is 9.84 Å². The fourth-order valence-electron chi connectivity index (χ4n) is 2.39. The molecule has 1 aromatic carbocycles. The van der Waals surface area contributed by atoms with E-state index in [9.17, 15) is 18.0 Å². The van der Waals surface area contributed by atoms with E-state index in [1.807, 2.05) is 0 Å². The highest BCUT2D eigenvalue weighted by atomic mass is 32.2. The van der Waals surface area contributed by atoms with Gasteiger partial charge in [0.05, 0.1) is 4.90 Å². The fourth-order valence-corrected chi connectivity index (χ4v) is 3.91. The van der Waals surface area contributed by atoms with Crippen LogP contribution in [-0.2, 0) is 21.4 Å². The summed E-state index contributed by atoms with van der Waals surface area (Å²) in [5.41, 5.74) is 0.535. The van der Waals surface area contributed by atoms with Gasteiger partial charge in [-0.15, -0.1) is 0 Å². The minimum absolute atomic E-state index is 0.00195. The molecule has 2 N–H and O–H groups in total. The third-order valence-corrected chi connectivity index (χ3v) is 5.57. The monoisotopic (exact) mass is 340 g/mol. The summed E-state index contributed by atoms with van der Waals surface area (Å²) >= 11 is 0. The molecule has 3 rings (SSSR count). The van der Waals surface area contributed by atoms with Crippen molar-refractivity contribution in [2.45, 2.75) is 24.3 Å². The van der Waals surface area contributed by atoms with E-state index in [1.165, 1.54) is 18.2 Å². The van der Waals surface area contributed by atoms with Crippen molar-refractivity contribution in [3.05, 3.63) is 23.8 Å². The highest BCUT2D eigenvalue weighted by Gasteiger charge is 2.33. The Morgan fingerprint density at radius 2 is 2.13 bits per heavy atom.